The van der Waals surface area contributed by atoms with Gasteiger partial charge in [0.15, 0.2) is 0 Å². The van der Waals surface area contributed by atoms with Gasteiger partial charge in [-0.1, -0.05) is 127 Å². The molecule has 8 saturated carbocycles. The first-order chi connectivity index (χ1) is 32.1. The molecule has 3 heteroatoms. The third-order valence-electron chi connectivity index (χ3n) is 20.5. The van der Waals surface area contributed by atoms with Crippen LogP contribution >= 0.6 is 11.8 Å². The second-order valence-electron chi connectivity index (χ2n) is 22.6. The van der Waals surface area contributed by atoms with Crippen molar-refractivity contribution in [3.8, 4) is 5.69 Å². The minimum Gasteiger partial charge on any atom is -0.309 e. The van der Waals surface area contributed by atoms with Gasteiger partial charge >= 0.3 is 0 Å². The van der Waals surface area contributed by atoms with Gasteiger partial charge in [0.05, 0.1) is 27.8 Å². The Morgan fingerprint density at radius 1 is 0.477 bits per heavy atom. The molecule has 8 aliphatic carbocycles. The molecule has 8 atom stereocenters. The molecule has 2 nitrogen and oxygen atoms in total. The summed E-state index contributed by atoms with van der Waals surface area (Å²) in [6.45, 7) is 0. The topological polar surface area (TPSA) is 8.17 Å². The van der Waals surface area contributed by atoms with Crippen molar-refractivity contribution in [1.29, 1.82) is 0 Å². The maximum Gasteiger partial charge on any atom is 0.0765 e. The molecule has 18 rings (SSSR count). The summed E-state index contributed by atoms with van der Waals surface area (Å²) in [5.41, 5.74) is 17.4. The average Bonchev–Trinajstić information content (AvgIpc) is 4.09. The van der Waals surface area contributed by atoms with Crippen LogP contribution in [0, 0.1) is 40.9 Å². The Kier molecular flexibility index (Phi) is 6.53. The highest BCUT2D eigenvalue weighted by molar-refractivity contribution is 7.99. The lowest BCUT2D eigenvalue weighted by Gasteiger charge is -2.73. The van der Waals surface area contributed by atoms with E-state index in [1.54, 1.807) is 11.1 Å². The van der Waals surface area contributed by atoms with E-state index in [1.807, 2.05) is 11.8 Å². The van der Waals surface area contributed by atoms with Crippen molar-refractivity contribution in [2.45, 2.75) is 90.2 Å². The molecule has 8 aromatic rings. The van der Waals surface area contributed by atoms with E-state index in [0.717, 1.165) is 35.5 Å². The molecular weight excluding hydrogens is 805 g/mol. The van der Waals surface area contributed by atoms with Crippen molar-refractivity contribution in [3.63, 3.8) is 0 Å². The molecule has 0 amide bonds. The molecule has 1 aromatic heterocycles. The Labute approximate surface area is 386 Å². The molecule has 8 fully saturated rings. The standard InChI is InChI=1S/C62H52N2S/c1-5-18-52-45(11-1)46-12-9-16-50-57(46)64(52)54-20-7-3-14-48(54)62(50)49-15-4-8-22-56(49)65-58-51(62)17-10-21-55(58)63(44-25-23-40(24-26-44)59-32-37-27-38(33-59)29-41(59)28-37)53-19-6-2-13-47(53)60-34-39-30-42-31-43(36-60)61(42,60)35-39/h1-26,37-39,41-43H,27-36H2. The Morgan fingerprint density at radius 3 is 2.03 bits per heavy atom. The molecule has 2 spiro atoms. The Bertz CT molecular complexity index is 3400. The number of benzene rings is 7. The van der Waals surface area contributed by atoms with E-state index in [0.29, 0.717) is 16.2 Å². The van der Waals surface area contributed by atoms with E-state index in [9.17, 15) is 0 Å². The number of rotatable bonds is 5. The van der Waals surface area contributed by atoms with E-state index < -0.39 is 5.41 Å². The number of fused-ring (bicyclic) bond motifs is 12. The Balaban J connectivity index is 0.935. The zero-order valence-electron chi connectivity index (χ0n) is 36.8. The fraction of sp³-hybridized carbons (Fsp3) is 0.323. The summed E-state index contributed by atoms with van der Waals surface area (Å²) in [5.74, 6) is 5.51. The molecule has 316 valence electrons. The van der Waals surface area contributed by atoms with Crippen LogP contribution < -0.4 is 4.90 Å². The maximum atomic E-state index is 2.77. The number of nitrogens with zero attached hydrogens (tertiary/aromatic N) is 2. The highest BCUT2D eigenvalue weighted by atomic mass is 32.2. The largest absolute Gasteiger partial charge is 0.309 e. The van der Waals surface area contributed by atoms with Crippen LogP contribution in [0.2, 0.25) is 0 Å². The molecule has 3 heterocycles. The highest BCUT2D eigenvalue weighted by Gasteiger charge is 2.81. The molecule has 0 radical (unpaired) electrons. The van der Waals surface area contributed by atoms with Gasteiger partial charge in [-0.25, -0.2) is 0 Å². The quantitative estimate of drug-likeness (QED) is 0.170. The van der Waals surface area contributed by atoms with Gasteiger partial charge < -0.3 is 9.47 Å². The van der Waals surface area contributed by atoms with Crippen molar-refractivity contribution in [2.24, 2.45) is 40.9 Å². The summed E-state index contributed by atoms with van der Waals surface area (Å²) < 4.78 is 2.58. The van der Waals surface area contributed by atoms with Crippen molar-refractivity contribution >= 4 is 50.6 Å². The molecule has 10 aliphatic rings. The van der Waals surface area contributed by atoms with Crippen molar-refractivity contribution in [2.75, 3.05) is 4.90 Å². The number of para-hydroxylation sites is 4. The van der Waals surface area contributed by atoms with Crippen LogP contribution in [0.25, 0.3) is 27.5 Å². The van der Waals surface area contributed by atoms with Crippen LogP contribution in [-0.4, -0.2) is 4.57 Å². The summed E-state index contributed by atoms with van der Waals surface area (Å²) in [4.78, 5) is 5.50. The van der Waals surface area contributed by atoms with Crippen LogP contribution in [0.3, 0.4) is 0 Å². The predicted molar refractivity (Wildman–Crippen MR) is 264 cm³/mol. The number of aromatic nitrogens is 1. The van der Waals surface area contributed by atoms with Gasteiger partial charge in [-0.05, 0) is 186 Å². The van der Waals surface area contributed by atoms with E-state index in [-0.39, 0.29) is 0 Å². The van der Waals surface area contributed by atoms with Gasteiger partial charge in [-0.2, -0.15) is 0 Å². The van der Waals surface area contributed by atoms with Crippen molar-refractivity contribution in [3.05, 3.63) is 191 Å². The van der Waals surface area contributed by atoms with E-state index in [2.05, 4.69) is 167 Å². The van der Waals surface area contributed by atoms with Crippen LogP contribution in [-0.2, 0) is 16.2 Å². The zero-order valence-corrected chi connectivity index (χ0v) is 37.7. The smallest absolute Gasteiger partial charge is 0.0765 e. The first kappa shape index (κ1) is 35.7. The predicted octanol–water partition coefficient (Wildman–Crippen LogP) is 15.6. The third kappa shape index (κ3) is 3.98. The monoisotopic (exact) mass is 856 g/mol. The van der Waals surface area contributed by atoms with Crippen LogP contribution in [0.5, 0.6) is 0 Å². The zero-order chi connectivity index (χ0) is 42.0. The average molecular weight is 857 g/mol. The normalized spacial score (nSPS) is 34.0. The minimum absolute atomic E-state index is 0.292. The van der Waals surface area contributed by atoms with Crippen molar-refractivity contribution in [1.82, 2.24) is 4.57 Å². The molecule has 8 unspecified atom stereocenters. The Hall–Kier alpha value is -5.51. The first-order valence-corrected chi connectivity index (χ1v) is 25.9. The number of hydrogen-bond donors (Lipinski definition) is 0. The van der Waals surface area contributed by atoms with Gasteiger partial charge in [0.25, 0.3) is 0 Å². The summed E-state index contributed by atoms with van der Waals surface area (Å²) >= 11 is 2.01. The lowest BCUT2D eigenvalue weighted by atomic mass is 9.30. The highest BCUT2D eigenvalue weighted by Crippen LogP contribution is 2.87. The second-order valence-corrected chi connectivity index (χ2v) is 23.7. The minimum atomic E-state index is -0.523. The van der Waals surface area contributed by atoms with Crippen LogP contribution in [0.15, 0.2) is 168 Å². The molecule has 6 bridgehead atoms. The van der Waals surface area contributed by atoms with Gasteiger partial charge in [0.2, 0.25) is 0 Å². The van der Waals surface area contributed by atoms with E-state index in [4.69, 9.17) is 0 Å². The molecule has 65 heavy (non-hydrogen) atoms. The lowest BCUT2D eigenvalue weighted by Crippen LogP contribution is -2.68. The van der Waals surface area contributed by atoms with E-state index in [1.165, 1.54) is 141 Å². The molecule has 2 aliphatic heterocycles. The molecule has 0 saturated heterocycles. The van der Waals surface area contributed by atoms with Gasteiger partial charge in [-0.3, -0.25) is 0 Å². The SMILES string of the molecule is c1ccc2c(c1)Sc1c(N(c3ccc(C45CC6CC(CC4C6)C5)cc3)c3ccccc3C34CC5CC6CC(C3)C64C5)cccc1C21c2ccccc2-n2c3ccccc3c3cccc1c32. The fourth-order valence-corrected chi connectivity index (χ4v) is 20.1. The van der Waals surface area contributed by atoms with Crippen LogP contribution in [0.1, 0.15) is 97.6 Å². The molecule has 0 N–H and O–H groups in total. The number of anilines is 3. The van der Waals surface area contributed by atoms with Gasteiger partial charge in [0.1, 0.15) is 0 Å². The summed E-state index contributed by atoms with van der Waals surface area (Å²) in [6, 6.07) is 62.5. The number of hydrogen-bond acceptors (Lipinski definition) is 2. The van der Waals surface area contributed by atoms with Gasteiger partial charge in [-0.15, -0.1) is 0 Å². The Morgan fingerprint density at radius 2 is 1.17 bits per heavy atom. The summed E-state index contributed by atoms with van der Waals surface area (Å²) in [7, 11) is 0. The fourth-order valence-electron chi connectivity index (χ4n) is 18.9. The summed E-state index contributed by atoms with van der Waals surface area (Å²) in [5, 5.41) is 2.65. The van der Waals surface area contributed by atoms with E-state index >= 15 is 0 Å². The summed E-state index contributed by atoms with van der Waals surface area (Å²) in [6.07, 6.45) is 14.4. The molecule has 7 aromatic carbocycles. The lowest BCUT2D eigenvalue weighted by molar-refractivity contribution is -0.198. The maximum absolute atomic E-state index is 2.77. The van der Waals surface area contributed by atoms with Crippen LogP contribution in [0.4, 0.5) is 17.1 Å². The second kappa shape index (κ2) is 11.9. The third-order valence-corrected chi connectivity index (χ3v) is 21.7. The first-order valence-electron chi connectivity index (χ1n) is 25.1. The van der Waals surface area contributed by atoms with Gasteiger partial charge in [0, 0.05) is 37.4 Å². The van der Waals surface area contributed by atoms with Crippen molar-refractivity contribution < 1.29 is 0 Å². The molecular formula is C62H52N2S.